The molecule has 4 rings (SSSR count). The molecule has 2 aromatic heterocycles. The first-order valence-corrected chi connectivity index (χ1v) is 9.81. The summed E-state index contributed by atoms with van der Waals surface area (Å²) in [7, 11) is 0. The molecule has 1 N–H and O–H groups in total. The molecule has 0 spiro atoms. The van der Waals surface area contributed by atoms with Crippen LogP contribution in [0.15, 0.2) is 58.7 Å². The monoisotopic (exact) mass is 383 g/mol. The first-order chi connectivity index (χ1) is 13.2. The van der Waals surface area contributed by atoms with Gasteiger partial charge in [-0.25, -0.2) is 4.98 Å². The van der Waals surface area contributed by atoms with E-state index in [1.807, 2.05) is 41.3 Å². The van der Waals surface area contributed by atoms with Crippen molar-refractivity contribution in [3.8, 4) is 10.6 Å². The summed E-state index contributed by atoms with van der Waals surface area (Å²) in [5.74, 6) is -0.0377. The largest absolute Gasteiger partial charge is 0.472 e. The number of benzene rings is 1. The Kier molecular flexibility index (Phi) is 5.33. The van der Waals surface area contributed by atoms with Crippen LogP contribution in [0.1, 0.15) is 22.2 Å². The number of piperazine rings is 1. The van der Waals surface area contributed by atoms with E-state index in [0.29, 0.717) is 25.3 Å². The van der Waals surface area contributed by atoms with Gasteiger partial charge in [0, 0.05) is 43.7 Å². The third-order valence-corrected chi connectivity index (χ3v) is 5.66. The maximum atomic E-state index is 12.7. The molecular formula is C20H21N3O3S. The fourth-order valence-electron chi connectivity index (χ4n) is 3.21. The SMILES string of the molecule is O=C(c1csc(-c2ccoc2)n1)N1CCN(C[C@@H](O)c2ccccc2)CC1. The first-order valence-electron chi connectivity index (χ1n) is 8.93. The van der Waals surface area contributed by atoms with Crippen LogP contribution in [0.3, 0.4) is 0 Å². The van der Waals surface area contributed by atoms with Gasteiger partial charge < -0.3 is 14.4 Å². The first kappa shape index (κ1) is 17.9. The number of aliphatic hydroxyl groups is 1. The van der Waals surface area contributed by atoms with E-state index >= 15 is 0 Å². The number of amides is 1. The van der Waals surface area contributed by atoms with Gasteiger partial charge in [0.2, 0.25) is 0 Å². The van der Waals surface area contributed by atoms with Gasteiger partial charge in [-0.1, -0.05) is 30.3 Å². The van der Waals surface area contributed by atoms with Crippen LogP contribution in [0.5, 0.6) is 0 Å². The second kappa shape index (κ2) is 8.04. The quantitative estimate of drug-likeness (QED) is 0.734. The molecule has 0 aliphatic carbocycles. The molecule has 1 aromatic carbocycles. The van der Waals surface area contributed by atoms with Gasteiger partial charge in [0.25, 0.3) is 5.91 Å². The fraction of sp³-hybridized carbons (Fsp3) is 0.300. The molecule has 140 valence electrons. The zero-order valence-corrected chi connectivity index (χ0v) is 15.6. The Morgan fingerprint density at radius 3 is 2.67 bits per heavy atom. The van der Waals surface area contributed by atoms with Gasteiger partial charge in [-0.3, -0.25) is 9.69 Å². The number of hydrogen-bond donors (Lipinski definition) is 1. The van der Waals surface area contributed by atoms with Crippen molar-refractivity contribution in [1.29, 1.82) is 0 Å². The summed E-state index contributed by atoms with van der Waals surface area (Å²) in [5, 5.41) is 13.0. The van der Waals surface area contributed by atoms with E-state index in [0.717, 1.165) is 29.2 Å². The van der Waals surface area contributed by atoms with E-state index in [1.54, 1.807) is 17.9 Å². The summed E-state index contributed by atoms with van der Waals surface area (Å²) in [5.41, 5.74) is 2.29. The van der Waals surface area contributed by atoms with Crippen LogP contribution in [0.25, 0.3) is 10.6 Å². The third-order valence-electron chi connectivity index (χ3n) is 4.77. The molecule has 1 atom stereocenters. The molecule has 1 saturated heterocycles. The maximum absolute atomic E-state index is 12.7. The zero-order chi connectivity index (χ0) is 18.6. The molecule has 0 bridgehead atoms. The molecule has 0 radical (unpaired) electrons. The van der Waals surface area contributed by atoms with Crippen molar-refractivity contribution in [1.82, 2.24) is 14.8 Å². The van der Waals surface area contributed by atoms with E-state index < -0.39 is 6.10 Å². The number of β-amino-alcohol motifs (C(OH)–C–C–N with tert-alkyl or cyclic N) is 1. The normalized spacial score (nSPS) is 16.4. The Balaban J connectivity index is 1.32. The van der Waals surface area contributed by atoms with Crippen molar-refractivity contribution in [3.63, 3.8) is 0 Å². The van der Waals surface area contributed by atoms with Crippen LogP contribution in [0, 0.1) is 0 Å². The molecular weight excluding hydrogens is 362 g/mol. The maximum Gasteiger partial charge on any atom is 0.273 e. The molecule has 1 aliphatic heterocycles. The molecule has 3 aromatic rings. The predicted molar refractivity (Wildman–Crippen MR) is 104 cm³/mol. The fourth-order valence-corrected chi connectivity index (χ4v) is 3.99. The van der Waals surface area contributed by atoms with Gasteiger partial charge in [-0.15, -0.1) is 11.3 Å². The van der Waals surface area contributed by atoms with Crippen LogP contribution in [-0.4, -0.2) is 58.5 Å². The lowest BCUT2D eigenvalue weighted by molar-refractivity contribution is 0.0523. The second-order valence-corrected chi connectivity index (χ2v) is 7.43. The molecule has 1 fully saturated rings. The van der Waals surface area contributed by atoms with Crippen molar-refractivity contribution < 1.29 is 14.3 Å². The Bertz CT molecular complexity index is 871. The number of aliphatic hydroxyl groups excluding tert-OH is 1. The molecule has 27 heavy (non-hydrogen) atoms. The second-order valence-electron chi connectivity index (χ2n) is 6.57. The van der Waals surface area contributed by atoms with Crippen molar-refractivity contribution in [2.45, 2.75) is 6.10 Å². The lowest BCUT2D eigenvalue weighted by Crippen LogP contribution is -2.49. The van der Waals surface area contributed by atoms with E-state index in [1.165, 1.54) is 11.3 Å². The highest BCUT2D eigenvalue weighted by Gasteiger charge is 2.25. The molecule has 6 nitrogen and oxygen atoms in total. The molecule has 1 aliphatic rings. The van der Waals surface area contributed by atoms with Crippen LogP contribution >= 0.6 is 11.3 Å². The van der Waals surface area contributed by atoms with Gasteiger partial charge in [0.05, 0.1) is 12.4 Å². The summed E-state index contributed by atoms with van der Waals surface area (Å²) < 4.78 is 5.08. The number of hydrogen-bond acceptors (Lipinski definition) is 6. The van der Waals surface area contributed by atoms with Gasteiger partial charge in [-0.2, -0.15) is 0 Å². The predicted octanol–water partition coefficient (Wildman–Crippen LogP) is 2.89. The highest BCUT2D eigenvalue weighted by atomic mass is 32.1. The zero-order valence-electron chi connectivity index (χ0n) is 14.8. The highest BCUT2D eigenvalue weighted by Crippen LogP contribution is 2.25. The summed E-state index contributed by atoms with van der Waals surface area (Å²) >= 11 is 1.44. The van der Waals surface area contributed by atoms with Crippen LogP contribution in [0.4, 0.5) is 0 Å². The number of carbonyl (C=O) groups excluding carboxylic acids is 1. The van der Waals surface area contributed by atoms with E-state index in [9.17, 15) is 9.90 Å². The van der Waals surface area contributed by atoms with Gasteiger partial charge in [-0.05, 0) is 11.6 Å². The van der Waals surface area contributed by atoms with Crippen LogP contribution < -0.4 is 0 Å². The molecule has 3 heterocycles. The number of carbonyl (C=O) groups is 1. The minimum absolute atomic E-state index is 0.0377. The Morgan fingerprint density at radius 1 is 1.19 bits per heavy atom. The van der Waals surface area contributed by atoms with Crippen molar-refractivity contribution in [2.24, 2.45) is 0 Å². The van der Waals surface area contributed by atoms with Crippen LogP contribution in [-0.2, 0) is 0 Å². The lowest BCUT2D eigenvalue weighted by Gasteiger charge is -2.35. The molecule has 0 saturated carbocycles. The van der Waals surface area contributed by atoms with E-state index in [4.69, 9.17) is 4.42 Å². The minimum Gasteiger partial charge on any atom is -0.472 e. The van der Waals surface area contributed by atoms with Crippen molar-refractivity contribution in [2.75, 3.05) is 32.7 Å². The van der Waals surface area contributed by atoms with Gasteiger partial charge in [0.15, 0.2) is 0 Å². The third kappa shape index (κ3) is 4.10. The number of aromatic nitrogens is 1. The van der Waals surface area contributed by atoms with E-state index in [-0.39, 0.29) is 5.91 Å². The lowest BCUT2D eigenvalue weighted by atomic mass is 10.1. The van der Waals surface area contributed by atoms with Crippen molar-refractivity contribution >= 4 is 17.2 Å². The number of furan rings is 1. The number of nitrogens with zero attached hydrogens (tertiary/aromatic N) is 3. The summed E-state index contributed by atoms with van der Waals surface area (Å²) in [6.45, 7) is 3.34. The molecule has 7 heteroatoms. The Hall–Kier alpha value is -2.48. The average Bonchev–Trinajstić information content (AvgIpc) is 3.40. The topological polar surface area (TPSA) is 69.8 Å². The average molecular weight is 383 g/mol. The number of rotatable bonds is 5. The van der Waals surface area contributed by atoms with Crippen LogP contribution in [0.2, 0.25) is 0 Å². The highest BCUT2D eigenvalue weighted by molar-refractivity contribution is 7.13. The molecule has 0 unspecified atom stereocenters. The number of thiazole rings is 1. The molecule has 1 amide bonds. The Labute approximate surface area is 161 Å². The van der Waals surface area contributed by atoms with Gasteiger partial charge in [0.1, 0.15) is 17.0 Å². The smallest absolute Gasteiger partial charge is 0.273 e. The standard InChI is InChI=1S/C20H21N3O3S/c24-18(15-4-2-1-3-5-15)12-22-7-9-23(10-8-22)20(25)17-14-27-19(21-17)16-6-11-26-13-16/h1-6,11,13-14,18,24H,7-10,12H2/t18-/m1/s1. The minimum atomic E-state index is -0.510. The van der Waals surface area contributed by atoms with Gasteiger partial charge >= 0.3 is 0 Å². The van der Waals surface area contributed by atoms with Crippen molar-refractivity contribution in [3.05, 3.63) is 65.6 Å². The Morgan fingerprint density at radius 2 is 1.96 bits per heavy atom. The summed E-state index contributed by atoms with van der Waals surface area (Å²) in [6, 6.07) is 11.5. The van der Waals surface area contributed by atoms with E-state index in [2.05, 4.69) is 9.88 Å². The summed E-state index contributed by atoms with van der Waals surface area (Å²) in [6.07, 6.45) is 2.72. The summed E-state index contributed by atoms with van der Waals surface area (Å²) in [4.78, 5) is 21.2.